The van der Waals surface area contributed by atoms with Crippen LogP contribution in [0.15, 0.2) is 30.3 Å². The second-order valence-corrected chi connectivity index (χ2v) is 6.39. The van der Waals surface area contributed by atoms with E-state index in [1.54, 1.807) is 0 Å². The van der Waals surface area contributed by atoms with Crippen molar-refractivity contribution < 1.29 is 4.74 Å². The molecule has 0 amide bonds. The van der Waals surface area contributed by atoms with Crippen molar-refractivity contribution in [1.82, 2.24) is 14.8 Å². The van der Waals surface area contributed by atoms with Crippen LogP contribution in [0.2, 0.25) is 0 Å². The van der Waals surface area contributed by atoms with Crippen LogP contribution >= 0.6 is 0 Å². The predicted molar refractivity (Wildman–Crippen MR) is 84.7 cm³/mol. The highest BCUT2D eigenvalue weighted by atomic mass is 16.5. The third-order valence-electron chi connectivity index (χ3n) is 4.94. The molecule has 2 aromatic rings. The topological polar surface area (TPSA) is 39.9 Å². The molecule has 0 spiro atoms. The van der Waals surface area contributed by atoms with Crippen molar-refractivity contribution in [3.05, 3.63) is 47.5 Å². The summed E-state index contributed by atoms with van der Waals surface area (Å²) in [6, 6.07) is 10.5. The molecule has 0 unspecified atom stereocenters. The first-order valence-electron chi connectivity index (χ1n) is 8.52. The summed E-state index contributed by atoms with van der Waals surface area (Å²) in [7, 11) is 0. The van der Waals surface area contributed by atoms with Gasteiger partial charge in [-0.1, -0.05) is 43.2 Å². The lowest BCUT2D eigenvalue weighted by molar-refractivity contribution is 0.102. The fraction of sp³-hybridized carbons (Fsp3) is 0.556. The fourth-order valence-electron chi connectivity index (χ4n) is 3.78. The Morgan fingerprint density at radius 1 is 1.00 bits per heavy atom. The molecule has 0 aliphatic carbocycles. The van der Waals surface area contributed by atoms with Crippen LogP contribution in [0.4, 0.5) is 0 Å². The lowest BCUT2D eigenvalue weighted by Crippen LogP contribution is -2.16. The third kappa shape index (κ3) is 2.56. The normalized spacial score (nSPS) is 25.5. The van der Waals surface area contributed by atoms with Gasteiger partial charge in [0.15, 0.2) is 0 Å². The molecule has 22 heavy (non-hydrogen) atoms. The highest BCUT2D eigenvalue weighted by Crippen LogP contribution is 2.41. The maximum atomic E-state index is 6.04. The van der Waals surface area contributed by atoms with Gasteiger partial charge in [0.25, 0.3) is 0 Å². The second kappa shape index (κ2) is 6.21. The summed E-state index contributed by atoms with van der Waals surface area (Å²) in [5.41, 5.74) is 1.26. The van der Waals surface area contributed by atoms with E-state index >= 15 is 0 Å². The zero-order chi connectivity index (χ0) is 14.8. The SMILES string of the molecule is c1ccc([C@H]2OCC[C@@H]2c2nnc3n2CCCCCC3)cc1. The fourth-order valence-corrected chi connectivity index (χ4v) is 3.78. The molecule has 116 valence electrons. The van der Waals surface area contributed by atoms with E-state index < -0.39 is 0 Å². The minimum absolute atomic E-state index is 0.125. The van der Waals surface area contributed by atoms with Gasteiger partial charge in [-0.15, -0.1) is 10.2 Å². The van der Waals surface area contributed by atoms with E-state index in [0.717, 1.165) is 31.8 Å². The summed E-state index contributed by atoms with van der Waals surface area (Å²) in [5.74, 6) is 2.65. The van der Waals surface area contributed by atoms with Crippen LogP contribution in [0.25, 0.3) is 0 Å². The van der Waals surface area contributed by atoms with Gasteiger partial charge in [0.1, 0.15) is 11.6 Å². The molecule has 1 saturated heterocycles. The van der Waals surface area contributed by atoms with Crippen LogP contribution in [0.5, 0.6) is 0 Å². The van der Waals surface area contributed by atoms with E-state index in [2.05, 4.69) is 45.1 Å². The van der Waals surface area contributed by atoms with Gasteiger partial charge in [0.2, 0.25) is 0 Å². The lowest BCUT2D eigenvalue weighted by Gasteiger charge is -2.20. The van der Waals surface area contributed by atoms with Crippen molar-refractivity contribution in [2.45, 2.75) is 57.1 Å². The molecule has 2 atom stereocenters. The van der Waals surface area contributed by atoms with E-state index in [9.17, 15) is 0 Å². The zero-order valence-corrected chi connectivity index (χ0v) is 12.9. The Morgan fingerprint density at radius 2 is 1.86 bits per heavy atom. The highest BCUT2D eigenvalue weighted by Gasteiger charge is 2.35. The molecule has 1 aromatic heterocycles. The number of rotatable bonds is 2. The monoisotopic (exact) mass is 297 g/mol. The molecule has 0 bridgehead atoms. The average Bonchev–Trinajstić information content (AvgIpc) is 3.14. The first-order chi connectivity index (χ1) is 10.9. The maximum absolute atomic E-state index is 6.04. The minimum atomic E-state index is 0.125. The lowest BCUT2D eigenvalue weighted by atomic mass is 9.94. The maximum Gasteiger partial charge on any atom is 0.139 e. The van der Waals surface area contributed by atoms with Gasteiger partial charge in [-0.25, -0.2) is 0 Å². The average molecular weight is 297 g/mol. The Balaban J connectivity index is 1.66. The number of hydrogen-bond acceptors (Lipinski definition) is 3. The molecule has 4 rings (SSSR count). The molecule has 0 saturated carbocycles. The molecule has 2 aliphatic rings. The minimum Gasteiger partial charge on any atom is -0.373 e. The van der Waals surface area contributed by atoms with Gasteiger partial charge in [-0.05, 0) is 24.8 Å². The van der Waals surface area contributed by atoms with Gasteiger partial charge in [0.05, 0.1) is 12.0 Å². The van der Waals surface area contributed by atoms with Crippen molar-refractivity contribution in [2.75, 3.05) is 6.61 Å². The van der Waals surface area contributed by atoms with E-state index in [4.69, 9.17) is 4.74 Å². The van der Waals surface area contributed by atoms with Gasteiger partial charge < -0.3 is 9.30 Å². The molecule has 0 radical (unpaired) electrons. The second-order valence-electron chi connectivity index (χ2n) is 6.39. The predicted octanol–water partition coefficient (Wildman–Crippen LogP) is 3.64. The molecule has 4 heteroatoms. The molecule has 2 aliphatic heterocycles. The molecule has 4 nitrogen and oxygen atoms in total. The largest absolute Gasteiger partial charge is 0.373 e. The van der Waals surface area contributed by atoms with Gasteiger partial charge in [-0.3, -0.25) is 0 Å². The number of nitrogens with zero attached hydrogens (tertiary/aromatic N) is 3. The van der Waals surface area contributed by atoms with Crippen LogP contribution in [0.3, 0.4) is 0 Å². The van der Waals surface area contributed by atoms with E-state index in [0.29, 0.717) is 5.92 Å². The van der Waals surface area contributed by atoms with Crippen LogP contribution in [0.1, 0.15) is 61.3 Å². The van der Waals surface area contributed by atoms with E-state index in [1.807, 2.05) is 0 Å². The molecule has 1 aromatic carbocycles. The van der Waals surface area contributed by atoms with Gasteiger partial charge in [0, 0.05) is 19.6 Å². The van der Waals surface area contributed by atoms with Gasteiger partial charge in [-0.2, -0.15) is 0 Å². The van der Waals surface area contributed by atoms with Crippen molar-refractivity contribution in [2.24, 2.45) is 0 Å². The highest BCUT2D eigenvalue weighted by molar-refractivity contribution is 5.23. The van der Waals surface area contributed by atoms with Crippen LogP contribution in [0, 0.1) is 0 Å². The summed E-state index contributed by atoms with van der Waals surface area (Å²) >= 11 is 0. The number of fused-ring (bicyclic) bond motifs is 1. The first kappa shape index (κ1) is 13.9. The quantitative estimate of drug-likeness (QED) is 0.849. The summed E-state index contributed by atoms with van der Waals surface area (Å²) in [6.45, 7) is 1.88. The number of aromatic nitrogens is 3. The molecular formula is C18H23N3O. The van der Waals surface area contributed by atoms with Crippen LogP contribution in [-0.2, 0) is 17.7 Å². The van der Waals surface area contributed by atoms with Crippen molar-refractivity contribution in [1.29, 1.82) is 0 Å². The molecular weight excluding hydrogens is 274 g/mol. The van der Waals surface area contributed by atoms with E-state index in [-0.39, 0.29) is 6.10 Å². The summed E-state index contributed by atoms with van der Waals surface area (Å²) in [4.78, 5) is 0. The molecule has 0 N–H and O–H groups in total. The molecule has 3 heterocycles. The Hall–Kier alpha value is -1.68. The summed E-state index contributed by atoms with van der Waals surface area (Å²) in [5, 5.41) is 9.06. The Labute approximate surface area is 131 Å². The number of hydrogen-bond donors (Lipinski definition) is 0. The Kier molecular flexibility index (Phi) is 3.94. The van der Waals surface area contributed by atoms with Crippen molar-refractivity contribution >= 4 is 0 Å². The first-order valence-corrected chi connectivity index (χ1v) is 8.52. The third-order valence-corrected chi connectivity index (χ3v) is 4.94. The number of aryl methyl sites for hydroxylation is 1. The number of benzene rings is 1. The van der Waals surface area contributed by atoms with E-state index in [1.165, 1.54) is 37.1 Å². The van der Waals surface area contributed by atoms with Crippen LogP contribution < -0.4 is 0 Å². The van der Waals surface area contributed by atoms with Crippen molar-refractivity contribution in [3.63, 3.8) is 0 Å². The summed E-state index contributed by atoms with van der Waals surface area (Å²) < 4.78 is 8.42. The number of ether oxygens (including phenoxy) is 1. The zero-order valence-electron chi connectivity index (χ0n) is 12.9. The standard InChI is InChI=1S/C18H23N3O/c1-2-7-12-21-16(10-6-1)19-20-18(21)15-11-13-22-17(15)14-8-4-3-5-9-14/h3-5,8-9,15,17H,1-2,6-7,10-13H2/t15-,17+/m0/s1. The smallest absolute Gasteiger partial charge is 0.139 e. The molecule has 1 fully saturated rings. The van der Waals surface area contributed by atoms with Gasteiger partial charge >= 0.3 is 0 Å². The van der Waals surface area contributed by atoms with Crippen molar-refractivity contribution in [3.8, 4) is 0 Å². The Morgan fingerprint density at radius 3 is 2.77 bits per heavy atom. The summed E-state index contributed by atoms with van der Waals surface area (Å²) in [6.07, 6.45) is 7.35. The van der Waals surface area contributed by atoms with Crippen LogP contribution in [-0.4, -0.2) is 21.4 Å². The Bertz CT molecular complexity index is 623.